The van der Waals surface area contributed by atoms with Crippen LogP contribution >= 0.6 is 22.9 Å². The third-order valence-electron chi connectivity index (χ3n) is 5.35. The van der Waals surface area contributed by atoms with Crippen LogP contribution in [0.3, 0.4) is 0 Å². The van der Waals surface area contributed by atoms with Crippen LogP contribution in [0.4, 0.5) is 10.5 Å². The lowest BCUT2D eigenvalue weighted by Crippen LogP contribution is -2.43. The van der Waals surface area contributed by atoms with Crippen LogP contribution in [0.25, 0.3) is 0 Å². The lowest BCUT2D eigenvalue weighted by atomic mass is 9.98. The summed E-state index contributed by atoms with van der Waals surface area (Å²) in [7, 11) is 1.56. The first-order valence-electron chi connectivity index (χ1n) is 11.1. The minimum absolute atomic E-state index is 0.219. The van der Waals surface area contributed by atoms with Crippen molar-refractivity contribution in [2.75, 3.05) is 45.3 Å². The topological polar surface area (TPSA) is 101 Å². The SMILES string of the molecule is CCOC(=O)C1CCCN(C(=O)c2csc(CN(CCOC)C(=O)Nc3cccc(Cl)c3)n2)C1. The number of aromatic nitrogens is 1. The van der Waals surface area contributed by atoms with E-state index in [1.807, 2.05) is 0 Å². The fraction of sp³-hybridized carbons (Fsp3) is 0.478. The van der Waals surface area contributed by atoms with Crippen LogP contribution < -0.4 is 5.32 Å². The molecule has 0 bridgehead atoms. The van der Waals surface area contributed by atoms with E-state index in [2.05, 4.69) is 10.3 Å². The Hall–Kier alpha value is -2.69. The zero-order valence-corrected chi connectivity index (χ0v) is 20.9. The predicted octanol–water partition coefficient (Wildman–Crippen LogP) is 3.89. The van der Waals surface area contributed by atoms with Gasteiger partial charge in [0.25, 0.3) is 5.91 Å². The first-order chi connectivity index (χ1) is 16.4. The van der Waals surface area contributed by atoms with E-state index in [1.165, 1.54) is 11.3 Å². The largest absolute Gasteiger partial charge is 0.466 e. The summed E-state index contributed by atoms with van der Waals surface area (Å²) in [5.74, 6) is -0.794. The molecule has 0 spiro atoms. The first-order valence-corrected chi connectivity index (χ1v) is 12.4. The molecule has 1 aliphatic heterocycles. The second-order valence-electron chi connectivity index (χ2n) is 7.82. The van der Waals surface area contributed by atoms with Gasteiger partial charge < -0.3 is 24.6 Å². The van der Waals surface area contributed by atoms with E-state index in [0.29, 0.717) is 60.7 Å². The van der Waals surface area contributed by atoms with Crippen LogP contribution in [0.2, 0.25) is 5.02 Å². The van der Waals surface area contributed by atoms with Crippen molar-refractivity contribution in [1.82, 2.24) is 14.8 Å². The monoisotopic (exact) mass is 508 g/mol. The Morgan fingerprint density at radius 2 is 2.18 bits per heavy atom. The maximum absolute atomic E-state index is 13.0. The molecule has 3 amide bonds. The summed E-state index contributed by atoms with van der Waals surface area (Å²) in [4.78, 5) is 45.6. The molecule has 34 heavy (non-hydrogen) atoms. The number of carbonyl (C=O) groups is 3. The summed E-state index contributed by atoms with van der Waals surface area (Å²) in [5.41, 5.74) is 0.891. The van der Waals surface area contributed by atoms with Crippen molar-refractivity contribution in [1.29, 1.82) is 0 Å². The normalized spacial score (nSPS) is 15.6. The minimum Gasteiger partial charge on any atom is -0.466 e. The summed E-state index contributed by atoms with van der Waals surface area (Å²) in [5, 5.41) is 5.66. The van der Waals surface area contributed by atoms with Gasteiger partial charge in [-0.05, 0) is 38.0 Å². The number of likely N-dealkylation sites (tertiary alicyclic amines) is 1. The molecular weight excluding hydrogens is 480 g/mol. The summed E-state index contributed by atoms with van der Waals surface area (Å²) in [6.45, 7) is 3.91. The molecule has 0 aliphatic carbocycles. The minimum atomic E-state index is -0.323. The van der Waals surface area contributed by atoms with Gasteiger partial charge in [-0.3, -0.25) is 9.59 Å². The van der Waals surface area contributed by atoms with E-state index in [1.54, 1.807) is 53.5 Å². The van der Waals surface area contributed by atoms with Crippen LogP contribution in [0.5, 0.6) is 0 Å². The van der Waals surface area contributed by atoms with Crippen molar-refractivity contribution in [2.24, 2.45) is 5.92 Å². The Morgan fingerprint density at radius 3 is 2.91 bits per heavy atom. The number of hydrogen-bond donors (Lipinski definition) is 1. The molecular formula is C23H29ClN4O5S. The molecule has 1 aromatic carbocycles. The zero-order chi connectivity index (χ0) is 24.5. The summed E-state index contributed by atoms with van der Waals surface area (Å²) in [6.07, 6.45) is 1.45. The number of esters is 1. The van der Waals surface area contributed by atoms with Crippen LogP contribution in [0.1, 0.15) is 35.3 Å². The second kappa shape index (κ2) is 12.7. The number of methoxy groups -OCH3 is 1. The standard InChI is InChI=1S/C23H29ClN4O5S/c1-3-33-22(30)16-6-5-9-27(13-16)21(29)19-15-34-20(26-19)14-28(10-11-32-2)23(31)25-18-8-4-7-17(24)12-18/h4,7-8,12,15-16H,3,5-6,9-11,13-14H2,1-2H3,(H,25,31). The molecule has 1 aromatic heterocycles. The number of benzene rings is 1. The van der Waals surface area contributed by atoms with Crippen molar-refractivity contribution >= 4 is 46.5 Å². The zero-order valence-electron chi connectivity index (χ0n) is 19.3. The van der Waals surface area contributed by atoms with Gasteiger partial charge in [0.1, 0.15) is 10.7 Å². The van der Waals surface area contributed by atoms with E-state index < -0.39 is 0 Å². The third kappa shape index (κ3) is 7.15. The number of anilines is 1. The number of nitrogens with one attached hydrogen (secondary N) is 1. The van der Waals surface area contributed by atoms with E-state index in [4.69, 9.17) is 21.1 Å². The van der Waals surface area contributed by atoms with Crippen molar-refractivity contribution in [3.8, 4) is 0 Å². The molecule has 9 nitrogen and oxygen atoms in total. The van der Waals surface area contributed by atoms with E-state index in [0.717, 1.165) is 6.42 Å². The highest BCUT2D eigenvalue weighted by atomic mass is 35.5. The molecule has 2 aromatic rings. The van der Waals surface area contributed by atoms with Gasteiger partial charge >= 0.3 is 12.0 Å². The Balaban J connectivity index is 1.64. The third-order valence-corrected chi connectivity index (χ3v) is 6.42. The number of rotatable bonds is 9. The molecule has 11 heteroatoms. The van der Waals surface area contributed by atoms with E-state index in [9.17, 15) is 14.4 Å². The van der Waals surface area contributed by atoms with Crippen LogP contribution in [-0.4, -0.2) is 72.6 Å². The molecule has 3 rings (SSSR count). The number of nitrogens with zero attached hydrogens (tertiary/aromatic N) is 3. The van der Waals surface area contributed by atoms with Crippen LogP contribution in [0, 0.1) is 5.92 Å². The number of carbonyl (C=O) groups excluding carboxylic acids is 3. The highest BCUT2D eigenvalue weighted by Gasteiger charge is 2.30. The Labute approximate surface area is 208 Å². The molecule has 1 atom stereocenters. The quantitative estimate of drug-likeness (QED) is 0.516. The molecule has 1 fully saturated rings. The van der Waals surface area contributed by atoms with Gasteiger partial charge in [-0.25, -0.2) is 9.78 Å². The summed E-state index contributed by atoms with van der Waals surface area (Å²) >= 11 is 7.32. The number of halogens is 1. The van der Waals surface area contributed by atoms with Gasteiger partial charge in [0.05, 0.1) is 25.7 Å². The van der Waals surface area contributed by atoms with Gasteiger partial charge in [0.2, 0.25) is 0 Å². The molecule has 0 saturated carbocycles. The molecule has 1 unspecified atom stereocenters. The molecule has 1 N–H and O–H groups in total. The smallest absolute Gasteiger partial charge is 0.322 e. The van der Waals surface area contributed by atoms with Gasteiger partial charge in [0, 0.05) is 42.8 Å². The highest BCUT2D eigenvalue weighted by molar-refractivity contribution is 7.09. The lowest BCUT2D eigenvalue weighted by molar-refractivity contribution is -0.149. The fourth-order valence-electron chi connectivity index (χ4n) is 3.64. The second-order valence-corrected chi connectivity index (χ2v) is 9.20. The Kier molecular flexibility index (Phi) is 9.67. The number of ether oxygens (including phenoxy) is 2. The van der Waals surface area contributed by atoms with E-state index >= 15 is 0 Å². The van der Waals surface area contributed by atoms with Crippen molar-refractivity contribution in [3.63, 3.8) is 0 Å². The van der Waals surface area contributed by atoms with Crippen LogP contribution in [0.15, 0.2) is 29.6 Å². The highest BCUT2D eigenvalue weighted by Crippen LogP contribution is 2.22. The molecule has 2 heterocycles. The van der Waals surface area contributed by atoms with Crippen LogP contribution in [-0.2, 0) is 20.8 Å². The number of amides is 3. The average Bonchev–Trinajstić information content (AvgIpc) is 3.30. The molecule has 1 aliphatic rings. The van der Waals surface area contributed by atoms with Crippen molar-refractivity contribution in [3.05, 3.63) is 45.4 Å². The van der Waals surface area contributed by atoms with Gasteiger partial charge in [0.15, 0.2) is 0 Å². The van der Waals surface area contributed by atoms with Gasteiger partial charge in [-0.1, -0.05) is 17.7 Å². The number of hydrogen-bond acceptors (Lipinski definition) is 7. The molecule has 0 radical (unpaired) electrons. The Bertz CT molecular complexity index is 1000. The number of piperidine rings is 1. The number of urea groups is 1. The number of thiazole rings is 1. The van der Waals surface area contributed by atoms with Gasteiger partial charge in [-0.15, -0.1) is 11.3 Å². The van der Waals surface area contributed by atoms with Crippen molar-refractivity contribution in [2.45, 2.75) is 26.3 Å². The summed E-state index contributed by atoms with van der Waals surface area (Å²) < 4.78 is 10.3. The average molecular weight is 509 g/mol. The molecule has 1 saturated heterocycles. The molecule has 184 valence electrons. The van der Waals surface area contributed by atoms with Gasteiger partial charge in [-0.2, -0.15) is 0 Å². The van der Waals surface area contributed by atoms with E-state index in [-0.39, 0.29) is 30.4 Å². The van der Waals surface area contributed by atoms with Crippen molar-refractivity contribution < 1.29 is 23.9 Å². The maximum Gasteiger partial charge on any atom is 0.322 e. The fourth-order valence-corrected chi connectivity index (χ4v) is 4.62. The summed E-state index contributed by atoms with van der Waals surface area (Å²) in [6, 6.07) is 6.57. The predicted molar refractivity (Wildman–Crippen MR) is 130 cm³/mol. The Morgan fingerprint density at radius 1 is 1.35 bits per heavy atom. The lowest BCUT2D eigenvalue weighted by Gasteiger charge is -2.31. The first kappa shape index (κ1) is 25.9. The maximum atomic E-state index is 13.0.